The average Bonchev–Trinajstić information content (AvgIpc) is 2.90. The van der Waals surface area contributed by atoms with E-state index in [0.29, 0.717) is 24.7 Å². The molecule has 0 aromatic heterocycles. The summed E-state index contributed by atoms with van der Waals surface area (Å²) >= 11 is 0. The van der Waals surface area contributed by atoms with Crippen LogP contribution in [-0.4, -0.2) is 30.0 Å². The number of carbonyl (C=O) groups is 2. The number of halogens is 3. The Labute approximate surface area is 226 Å². The molecule has 2 amide bonds. The van der Waals surface area contributed by atoms with Crippen LogP contribution in [-0.2, 0) is 11.3 Å². The molecule has 2 aromatic carbocycles. The summed E-state index contributed by atoms with van der Waals surface area (Å²) < 4.78 is 41.2. The highest BCUT2D eigenvalue weighted by atomic mass is 19.4. The van der Waals surface area contributed by atoms with Gasteiger partial charge in [-0.05, 0) is 72.4 Å². The van der Waals surface area contributed by atoms with Crippen LogP contribution in [0.1, 0.15) is 68.5 Å². The maximum atomic E-state index is 13.0. The molecule has 39 heavy (non-hydrogen) atoms. The van der Waals surface area contributed by atoms with E-state index in [0.717, 1.165) is 48.4 Å². The van der Waals surface area contributed by atoms with Crippen LogP contribution in [0.4, 0.5) is 23.7 Å². The first-order valence-electron chi connectivity index (χ1n) is 13.6. The van der Waals surface area contributed by atoms with Gasteiger partial charge in [-0.25, -0.2) is 4.79 Å². The van der Waals surface area contributed by atoms with E-state index >= 15 is 0 Å². The molecule has 2 fully saturated rings. The normalized spacial score (nSPS) is 21.9. The van der Waals surface area contributed by atoms with E-state index in [1.807, 2.05) is 24.3 Å². The Bertz CT molecular complexity index is 1090. The molecule has 212 valence electrons. The minimum absolute atomic E-state index is 0.0567. The topological polar surface area (TPSA) is 99.7 Å². The van der Waals surface area contributed by atoms with Crippen LogP contribution in [0, 0.1) is 17.8 Å². The first kappa shape index (κ1) is 28.7. The maximum absolute atomic E-state index is 13.0. The summed E-state index contributed by atoms with van der Waals surface area (Å²) in [6, 6.07) is 12.4. The number of anilines is 1. The molecule has 0 heterocycles. The SMILES string of the molecule is O=C(O)CCNCc1ccc(C(NC(=O)Nc2ccc(OC(F)(F)F)cc2)C2CCC3CCCCC3C2)cc1. The molecule has 0 bridgehead atoms. The molecule has 2 saturated carbocycles. The third kappa shape index (κ3) is 8.88. The number of alkyl halides is 3. The number of rotatable bonds is 10. The number of aliphatic carboxylic acids is 1. The van der Waals surface area contributed by atoms with Gasteiger partial charge in [-0.15, -0.1) is 13.2 Å². The quantitative estimate of drug-likeness (QED) is 0.251. The Morgan fingerprint density at radius 2 is 1.64 bits per heavy atom. The van der Waals surface area contributed by atoms with Crippen LogP contribution in [0.15, 0.2) is 48.5 Å². The van der Waals surface area contributed by atoms with E-state index in [4.69, 9.17) is 5.11 Å². The van der Waals surface area contributed by atoms with Crippen molar-refractivity contribution in [2.45, 2.75) is 70.3 Å². The van der Waals surface area contributed by atoms with Gasteiger partial charge < -0.3 is 25.8 Å². The number of nitrogens with one attached hydrogen (secondary N) is 3. The van der Waals surface area contributed by atoms with Gasteiger partial charge in [0.25, 0.3) is 0 Å². The number of amides is 2. The standard InChI is InChI=1S/C29H36F3N3O4/c30-29(31,32)39-25-13-11-24(12-14-25)34-28(38)35-27(23-10-9-20-3-1-2-4-22(20)17-23)21-7-5-19(6-8-21)18-33-16-15-26(36)37/h5-8,11-14,20,22-23,27,33H,1-4,9-10,15-18H2,(H,36,37)(H2,34,35,38). The van der Waals surface area contributed by atoms with Gasteiger partial charge in [0.2, 0.25) is 0 Å². The molecule has 0 radical (unpaired) electrons. The Morgan fingerprint density at radius 1 is 0.949 bits per heavy atom. The number of carboxylic acids is 1. The molecule has 4 N–H and O–H groups in total. The third-order valence-electron chi connectivity index (χ3n) is 7.87. The largest absolute Gasteiger partial charge is 0.573 e. The number of carboxylic acid groups (broad SMARTS) is 1. The van der Waals surface area contributed by atoms with E-state index in [-0.39, 0.29) is 24.1 Å². The number of ether oxygens (including phenoxy) is 1. The molecule has 4 rings (SSSR count). The van der Waals surface area contributed by atoms with Crippen molar-refractivity contribution in [3.63, 3.8) is 0 Å². The third-order valence-corrected chi connectivity index (χ3v) is 7.87. The number of hydrogen-bond donors (Lipinski definition) is 4. The van der Waals surface area contributed by atoms with Crippen LogP contribution in [0.2, 0.25) is 0 Å². The highest BCUT2D eigenvalue weighted by Crippen LogP contribution is 2.46. The smallest absolute Gasteiger partial charge is 0.481 e. The van der Waals surface area contributed by atoms with E-state index < -0.39 is 18.4 Å². The van der Waals surface area contributed by atoms with Crippen LogP contribution in [0.5, 0.6) is 5.75 Å². The zero-order chi connectivity index (χ0) is 27.8. The zero-order valence-electron chi connectivity index (χ0n) is 21.8. The van der Waals surface area contributed by atoms with Crippen molar-refractivity contribution in [1.29, 1.82) is 0 Å². The number of fused-ring (bicyclic) bond motifs is 1. The minimum Gasteiger partial charge on any atom is -0.481 e. The van der Waals surface area contributed by atoms with Crippen molar-refractivity contribution in [3.8, 4) is 5.75 Å². The van der Waals surface area contributed by atoms with Gasteiger partial charge in [0.15, 0.2) is 0 Å². The van der Waals surface area contributed by atoms with Gasteiger partial charge >= 0.3 is 18.4 Å². The first-order valence-corrected chi connectivity index (χ1v) is 13.6. The van der Waals surface area contributed by atoms with Crippen LogP contribution < -0.4 is 20.7 Å². The van der Waals surface area contributed by atoms with Gasteiger partial charge in [0.1, 0.15) is 5.75 Å². The number of hydrogen-bond acceptors (Lipinski definition) is 4. The molecule has 2 aromatic rings. The molecular formula is C29H36F3N3O4. The molecule has 2 aliphatic carbocycles. The van der Waals surface area contributed by atoms with E-state index in [2.05, 4.69) is 20.7 Å². The molecule has 4 unspecified atom stereocenters. The van der Waals surface area contributed by atoms with Gasteiger partial charge in [-0.3, -0.25) is 4.79 Å². The van der Waals surface area contributed by atoms with Crippen molar-refractivity contribution in [2.24, 2.45) is 17.8 Å². The molecule has 0 spiro atoms. The molecule has 0 aliphatic heterocycles. The summed E-state index contributed by atoms with van der Waals surface area (Å²) in [4.78, 5) is 23.8. The van der Waals surface area contributed by atoms with Crippen molar-refractivity contribution >= 4 is 17.7 Å². The summed E-state index contributed by atoms with van der Waals surface area (Å²) in [7, 11) is 0. The summed E-state index contributed by atoms with van der Waals surface area (Å²) in [5.41, 5.74) is 2.37. The predicted molar refractivity (Wildman–Crippen MR) is 141 cm³/mol. The fourth-order valence-corrected chi connectivity index (χ4v) is 6.00. The Morgan fingerprint density at radius 3 is 2.31 bits per heavy atom. The Kier molecular flexibility index (Phi) is 9.72. The van der Waals surface area contributed by atoms with Gasteiger partial charge in [-0.1, -0.05) is 49.9 Å². The maximum Gasteiger partial charge on any atom is 0.573 e. The van der Waals surface area contributed by atoms with Crippen molar-refractivity contribution in [2.75, 3.05) is 11.9 Å². The molecule has 4 atom stereocenters. The summed E-state index contributed by atoms with van der Waals surface area (Å²) in [6.45, 7) is 0.933. The number of urea groups is 1. The van der Waals surface area contributed by atoms with Crippen LogP contribution >= 0.6 is 0 Å². The first-order chi connectivity index (χ1) is 18.7. The highest BCUT2D eigenvalue weighted by Gasteiger charge is 2.36. The van der Waals surface area contributed by atoms with Crippen molar-refractivity contribution in [1.82, 2.24) is 10.6 Å². The fourth-order valence-electron chi connectivity index (χ4n) is 6.00. The van der Waals surface area contributed by atoms with E-state index in [1.54, 1.807) is 0 Å². The molecule has 7 nitrogen and oxygen atoms in total. The number of benzene rings is 2. The second kappa shape index (κ2) is 13.2. The predicted octanol–water partition coefficient (Wildman–Crippen LogP) is 6.62. The second-order valence-electron chi connectivity index (χ2n) is 10.6. The lowest BCUT2D eigenvalue weighted by molar-refractivity contribution is -0.274. The molecule has 10 heteroatoms. The summed E-state index contributed by atoms with van der Waals surface area (Å²) in [5.74, 6) is 0.513. The number of carbonyl (C=O) groups excluding carboxylic acids is 1. The van der Waals surface area contributed by atoms with Gasteiger partial charge in [0, 0.05) is 18.8 Å². The Hall–Kier alpha value is -3.27. The molecule has 0 saturated heterocycles. The lowest BCUT2D eigenvalue weighted by Gasteiger charge is -2.42. The van der Waals surface area contributed by atoms with Crippen molar-refractivity contribution in [3.05, 3.63) is 59.7 Å². The lowest BCUT2D eigenvalue weighted by Crippen LogP contribution is -2.40. The summed E-state index contributed by atoms with van der Waals surface area (Å²) in [6.07, 6.45) is 3.57. The molecule has 2 aliphatic rings. The lowest BCUT2D eigenvalue weighted by atomic mass is 9.65. The van der Waals surface area contributed by atoms with Crippen LogP contribution in [0.25, 0.3) is 0 Å². The van der Waals surface area contributed by atoms with Gasteiger partial charge in [0.05, 0.1) is 12.5 Å². The van der Waals surface area contributed by atoms with Crippen molar-refractivity contribution < 1.29 is 32.6 Å². The van der Waals surface area contributed by atoms with Gasteiger partial charge in [-0.2, -0.15) is 0 Å². The summed E-state index contributed by atoms with van der Waals surface area (Å²) in [5, 5.41) is 17.8. The zero-order valence-corrected chi connectivity index (χ0v) is 21.8. The monoisotopic (exact) mass is 547 g/mol. The second-order valence-corrected chi connectivity index (χ2v) is 10.6. The van der Waals surface area contributed by atoms with E-state index in [1.165, 1.54) is 37.8 Å². The fraction of sp³-hybridized carbons (Fsp3) is 0.517. The molecular weight excluding hydrogens is 511 g/mol. The average molecular weight is 548 g/mol. The highest BCUT2D eigenvalue weighted by molar-refractivity contribution is 5.89. The minimum atomic E-state index is -4.78. The Balaban J connectivity index is 1.43. The van der Waals surface area contributed by atoms with E-state index in [9.17, 15) is 22.8 Å². The van der Waals surface area contributed by atoms with Crippen LogP contribution in [0.3, 0.4) is 0 Å².